The topological polar surface area (TPSA) is 17.1 Å². The van der Waals surface area contributed by atoms with Crippen molar-refractivity contribution in [2.24, 2.45) is 11.3 Å². The zero-order valence-electron chi connectivity index (χ0n) is 18.5. The van der Waals surface area contributed by atoms with Crippen LogP contribution >= 0.6 is 0 Å². The standard InChI is InChI=1S/C24H48OS/c1-5-6-7-8-9-10-11-12-13-14-15-16-20-26(25)23-18-17-19-24(4,21-23)22(2)3/h22-23H,5-21H2,1-4H3. The Bertz CT molecular complexity index is 365. The zero-order chi connectivity index (χ0) is 19.3. The van der Waals surface area contributed by atoms with Gasteiger partial charge in [-0.05, 0) is 37.0 Å². The van der Waals surface area contributed by atoms with Gasteiger partial charge in [-0.25, -0.2) is 0 Å². The summed E-state index contributed by atoms with van der Waals surface area (Å²) >= 11 is 0. The smallest absolute Gasteiger partial charge is 0.0353 e. The van der Waals surface area contributed by atoms with Crippen molar-refractivity contribution in [2.45, 2.75) is 136 Å². The van der Waals surface area contributed by atoms with Gasteiger partial charge in [-0.1, -0.05) is 105 Å². The first-order valence-corrected chi connectivity index (χ1v) is 13.2. The van der Waals surface area contributed by atoms with Crippen LogP contribution in [0.3, 0.4) is 0 Å². The van der Waals surface area contributed by atoms with Crippen molar-refractivity contribution in [3.8, 4) is 0 Å². The summed E-state index contributed by atoms with van der Waals surface area (Å²) in [5.41, 5.74) is 0.426. The average molecular weight is 385 g/mol. The molecule has 3 unspecified atom stereocenters. The fourth-order valence-electron chi connectivity index (χ4n) is 4.46. The minimum Gasteiger partial charge on any atom is -0.259 e. The van der Waals surface area contributed by atoms with Crippen LogP contribution in [0.15, 0.2) is 0 Å². The van der Waals surface area contributed by atoms with E-state index in [1.165, 1.54) is 103 Å². The molecule has 0 aromatic heterocycles. The highest BCUT2D eigenvalue weighted by Crippen LogP contribution is 2.43. The molecule has 2 heteroatoms. The van der Waals surface area contributed by atoms with E-state index in [4.69, 9.17) is 0 Å². The Morgan fingerprint density at radius 3 is 1.88 bits per heavy atom. The molecular formula is C24H48OS. The molecule has 0 bridgehead atoms. The number of hydrogen-bond acceptors (Lipinski definition) is 1. The molecule has 26 heavy (non-hydrogen) atoms. The summed E-state index contributed by atoms with van der Waals surface area (Å²) in [6, 6.07) is 0. The Balaban J connectivity index is 1.98. The average Bonchev–Trinajstić information content (AvgIpc) is 2.62. The Labute approximate surface area is 168 Å². The van der Waals surface area contributed by atoms with Crippen molar-refractivity contribution < 1.29 is 4.21 Å². The summed E-state index contributed by atoms with van der Waals surface area (Å²) in [6.45, 7) is 9.39. The summed E-state index contributed by atoms with van der Waals surface area (Å²) < 4.78 is 12.7. The van der Waals surface area contributed by atoms with E-state index in [1.807, 2.05) is 0 Å². The quantitative estimate of drug-likeness (QED) is 0.261. The molecule has 1 saturated carbocycles. The van der Waals surface area contributed by atoms with E-state index in [0.29, 0.717) is 16.6 Å². The maximum Gasteiger partial charge on any atom is 0.0353 e. The Morgan fingerprint density at radius 2 is 1.38 bits per heavy atom. The van der Waals surface area contributed by atoms with Gasteiger partial charge in [-0.2, -0.15) is 0 Å². The summed E-state index contributed by atoms with van der Waals surface area (Å²) in [5.74, 6) is 1.67. The predicted octanol–water partition coefficient (Wildman–Crippen LogP) is 8.04. The van der Waals surface area contributed by atoms with Gasteiger partial charge in [0, 0.05) is 21.8 Å². The monoisotopic (exact) mass is 384 g/mol. The van der Waals surface area contributed by atoms with Crippen molar-refractivity contribution in [1.82, 2.24) is 0 Å². The second-order valence-electron chi connectivity index (χ2n) is 9.50. The van der Waals surface area contributed by atoms with E-state index in [2.05, 4.69) is 27.7 Å². The Morgan fingerprint density at radius 1 is 0.885 bits per heavy atom. The lowest BCUT2D eigenvalue weighted by molar-refractivity contribution is 0.146. The summed E-state index contributed by atoms with van der Waals surface area (Å²) in [7, 11) is -0.584. The second-order valence-corrected chi connectivity index (χ2v) is 11.3. The van der Waals surface area contributed by atoms with Gasteiger partial charge in [0.2, 0.25) is 0 Å². The van der Waals surface area contributed by atoms with E-state index in [1.54, 1.807) is 0 Å². The highest BCUT2D eigenvalue weighted by Gasteiger charge is 2.36. The fourth-order valence-corrected chi connectivity index (χ4v) is 6.28. The van der Waals surface area contributed by atoms with Crippen LogP contribution in [0, 0.1) is 11.3 Å². The lowest BCUT2D eigenvalue weighted by Gasteiger charge is -2.41. The zero-order valence-corrected chi connectivity index (χ0v) is 19.3. The molecule has 0 saturated heterocycles. The van der Waals surface area contributed by atoms with Gasteiger partial charge in [0.15, 0.2) is 0 Å². The predicted molar refractivity (Wildman–Crippen MR) is 119 cm³/mol. The molecule has 0 amide bonds. The Hall–Kier alpha value is 0.150. The van der Waals surface area contributed by atoms with Crippen LogP contribution in [0.4, 0.5) is 0 Å². The minimum atomic E-state index is -0.584. The molecule has 1 nitrogen and oxygen atoms in total. The third-order valence-corrected chi connectivity index (χ3v) is 8.77. The van der Waals surface area contributed by atoms with Crippen molar-refractivity contribution in [1.29, 1.82) is 0 Å². The molecule has 0 radical (unpaired) electrons. The molecule has 0 spiro atoms. The van der Waals surface area contributed by atoms with E-state index < -0.39 is 10.8 Å². The molecule has 0 aromatic carbocycles. The van der Waals surface area contributed by atoms with Crippen LogP contribution < -0.4 is 0 Å². The lowest BCUT2D eigenvalue weighted by atomic mass is 9.68. The van der Waals surface area contributed by atoms with Crippen molar-refractivity contribution in [3.05, 3.63) is 0 Å². The molecule has 0 aromatic rings. The van der Waals surface area contributed by atoms with Crippen molar-refractivity contribution >= 4 is 10.8 Å². The first-order chi connectivity index (χ1) is 12.5. The van der Waals surface area contributed by atoms with Gasteiger partial charge in [0.25, 0.3) is 0 Å². The molecule has 0 aliphatic heterocycles. The fraction of sp³-hybridized carbons (Fsp3) is 1.00. The van der Waals surface area contributed by atoms with E-state index in [-0.39, 0.29) is 0 Å². The van der Waals surface area contributed by atoms with Crippen LogP contribution in [0.1, 0.15) is 130 Å². The maximum absolute atomic E-state index is 12.7. The summed E-state index contributed by atoms with van der Waals surface area (Å²) in [6.07, 6.45) is 21.6. The molecule has 3 atom stereocenters. The van der Waals surface area contributed by atoms with Gasteiger partial charge in [0.1, 0.15) is 0 Å². The lowest BCUT2D eigenvalue weighted by Crippen LogP contribution is -2.35. The number of rotatable bonds is 15. The van der Waals surface area contributed by atoms with E-state index >= 15 is 0 Å². The summed E-state index contributed by atoms with van der Waals surface area (Å²) in [4.78, 5) is 0. The number of unbranched alkanes of at least 4 members (excludes halogenated alkanes) is 11. The van der Waals surface area contributed by atoms with Gasteiger partial charge in [-0.3, -0.25) is 4.21 Å². The molecule has 0 N–H and O–H groups in total. The first kappa shape index (κ1) is 24.2. The van der Waals surface area contributed by atoms with Crippen molar-refractivity contribution in [3.63, 3.8) is 0 Å². The largest absolute Gasteiger partial charge is 0.259 e. The molecule has 156 valence electrons. The van der Waals surface area contributed by atoms with Crippen LogP contribution in [0.25, 0.3) is 0 Å². The molecule has 1 aliphatic rings. The van der Waals surface area contributed by atoms with Gasteiger partial charge in [0.05, 0.1) is 0 Å². The number of hydrogen-bond donors (Lipinski definition) is 0. The SMILES string of the molecule is CCCCCCCCCCCCCCS(=O)C1CCCC(C)(C(C)C)C1. The normalized spacial score (nSPS) is 24.9. The Kier molecular flexibility index (Phi) is 13.2. The third-order valence-electron chi connectivity index (χ3n) is 6.93. The third kappa shape index (κ3) is 9.90. The van der Waals surface area contributed by atoms with Crippen LogP contribution in [-0.2, 0) is 10.8 Å². The van der Waals surface area contributed by atoms with E-state index in [0.717, 1.165) is 5.75 Å². The van der Waals surface area contributed by atoms with E-state index in [9.17, 15) is 4.21 Å². The molecular weight excluding hydrogens is 336 g/mol. The molecule has 1 rings (SSSR count). The van der Waals surface area contributed by atoms with Gasteiger partial charge >= 0.3 is 0 Å². The first-order valence-electron chi connectivity index (χ1n) is 11.9. The van der Waals surface area contributed by atoms with Gasteiger partial charge in [-0.15, -0.1) is 0 Å². The molecule has 1 aliphatic carbocycles. The van der Waals surface area contributed by atoms with Crippen LogP contribution in [0.5, 0.6) is 0 Å². The van der Waals surface area contributed by atoms with Gasteiger partial charge < -0.3 is 0 Å². The molecule has 0 heterocycles. The second kappa shape index (κ2) is 14.2. The highest BCUT2D eigenvalue weighted by atomic mass is 32.2. The summed E-state index contributed by atoms with van der Waals surface area (Å²) in [5, 5.41) is 0.476. The minimum absolute atomic E-state index is 0.426. The van der Waals surface area contributed by atoms with Crippen LogP contribution in [0.2, 0.25) is 0 Å². The molecule has 1 fully saturated rings. The van der Waals surface area contributed by atoms with Crippen LogP contribution in [-0.4, -0.2) is 15.2 Å². The highest BCUT2D eigenvalue weighted by molar-refractivity contribution is 7.85. The maximum atomic E-state index is 12.7. The van der Waals surface area contributed by atoms with Crippen molar-refractivity contribution in [2.75, 3.05) is 5.75 Å².